The fourth-order valence-electron chi connectivity index (χ4n) is 1.49. The lowest BCUT2D eigenvalue weighted by molar-refractivity contribution is 0.653. The Kier molecular flexibility index (Phi) is 1.84. The fraction of sp³-hybridized carbons (Fsp3) is 0. The molecule has 0 N–H and O–H groups in total. The predicted molar refractivity (Wildman–Crippen MR) is 59.3 cm³/mol. The minimum atomic E-state index is 0.313. The fourth-order valence-corrected chi connectivity index (χ4v) is 1.79. The second kappa shape index (κ2) is 3.08. The van der Waals surface area contributed by atoms with Crippen LogP contribution in [0.25, 0.3) is 22.2 Å². The normalized spacial score (nSPS) is 11.3. The van der Waals surface area contributed by atoms with Gasteiger partial charge in [0.1, 0.15) is 11.1 Å². The van der Waals surface area contributed by atoms with E-state index in [1.165, 1.54) is 6.20 Å². The third kappa shape index (κ3) is 1.35. The second-order valence-corrected chi connectivity index (χ2v) is 3.91. The van der Waals surface area contributed by atoms with E-state index in [0.717, 1.165) is 5.39 Å². The summed E-state index contributed by atoms with van der Waals surface area (Å²) in [6.45, 7) is 0. The standard InChI is InChI=1S/C10H4Cl2N2O/c11-5-1-2-7-6(3-5)9-10(15-7)14-8(12)4-13-9/h1-4H. The maximum absolute atomic E-state index is 5.89. The van der Waals surface area contributed by atoms with Gasteiger partial charge in [0.25, 0.3) is 0 Å². The van der Waals surface area contributed by atoms with Crippen LogP contribution in [0, 0.1) is 0 Å². The summed E-state index contributed by atoms with van der Waals surface area (Å²) < 4.78 is 5.47. The topological polar surface area (TPSA) is 38.9 Å². The highest BCUT2D eigenvalue weighted by atomic mass is 35.5. The van der Waals surface area contributed by atoms with Gasteiger partial charge in [-0.15, -0.1) is 0 Å². The minimum Gasteiger partial charge on any atom is -0.436 e. The lowest BCUT2D eigenvalue weighted by Gasteiger charge is -1.89. The molecule has 1 aromatic carbocycles. The lowest BCUT2D eigenvalue weighted by Crippen LogP contribution is -1.78. The molecule has 5 heteroatoms. The van der Waals surface area contributed by atoms with Crippen molar-refractivity contribution in [2.75, 3.05) is 0 Å². The highest BCUT2D eigenvalue weighted by molar-refractivity contribution is 6.31. The molecule has 3 aromatic rings. The van der Waals surface area contributed by atoms with Crippen molar-refractivity contribution >= 4 is 45.4 Å². The van der Waals surface area contributed by atoms with Crippen LogP contribution in [0.2, 0.25) is 10.2 Å². The van der Waals surface area contributed by atoms with Gasteiger partial charge in [0, 0.05) is 5.02 Å². The van der Waals surface area contributed by atoms with Gasteiger partial charge in [-0.25, -0.2) is 4.98 Å². The van der Waals surface area contributed by atoms with Crippen LogP contribution < -0.4 is 0 Å². The van der Waals surface area contributed by atoms with Crippen molar-refractivity contribution in [1.82, 2.24) is 9.97 Å². The number of rotatable bonds is 0. The van der Waals surface area contributed by atoms with Crippen LogP contribution in [0.4, 0.5) is 0 Å². The summed E-state index contributed by atoms with van der Waals surface area (Å²) in [6.07, 6.45) is 1.49. The van der Waals surface area contributed by atoms with Crippen molar-refractivity contribution in [3.8, 4) is 0 Å². The largest absolute Gasteiger partial charge is 0.436 e. The third-order valence-electron chi connectivity index (χ3n) is 2.11. The number of halogens is 2. The molecule has 0 spiro atoms. The lowest BCUT2D eigenvalue weighted by atomic mass is 10.2. The first-order chi connectivity index (χ1) is 7.24. The van der Waals surface area contributed by atoms with Gasteiger partial charge >= 0.3 is 0 Å². The van der Waals surface area contributed by atoms with E-state index in [4.69, 9.17) is 27.6 Å². The summed E-state index contributed by atoms with van der Waals surface area (Å²) in [5.74, 6) is 0. The van der Waals surface area contributed by atoms with Gasteiger partial charge in [-0.05, 0) is 18.2 Å². The number of hydrogen-bond acceptors (Lipinski definition) is 3. The Hall–Kier alpha value is -1.32. The molecular formula is C10H4Cl2N2O. The van der Waals surface area contributed by atoms with Crippen molar-refractivity contribution in [1.29, 1.82) is 0 Å². The van der Waals surface area contributed by atoms with Crippen LogP contribution >= 0.6 is 23.2 Å². The number of aromatic nitrogens is 2. The van der Waals surface area contributed by atoms with Gasteiger partial charge in [-0.2, -0.15) is 4.98 Å². The van der Waals surface area contributed by atoms with Crippen LogP contribution in [0.3, 0.4) is 0 Å². The van der Waals surface area contributed by atoms with E-state index in [1.54, 1.807) is 18.2 Å². The van der Waals surface area contributed by atoms with Crippen molar-refractivity contribution in [3.63, 3.8) is 0 Å². The van der Waals surface area contributed by atoms with Gasteiger partial charge in [-0.3, -0.25) is 0 Å². The molecule has 0 aliphatic rings. The molecule has 0 bridgehead atoms. The Labute approximate surface area is 94.6 Å². The van der Waals surface area contributed by atoms with E-state index in [2.05, 4.69) is 9.97 Å². The predicted octanol–water partition coefficient (Wildman–Crippen LogP) is 3.68. The van der Waals surface area contributed by atoms with Crippen LogP contribution in [0.15, 0.2) is 28.8 Å². The average Bonchev–Trinajstić information content (AvgIpc) is 2.54. The van der Waals surface area contributed by atoms with E-state index >= 15 is 0 Å². The van der Waals surface area contributed by atoms with Gasteiger partial charge < -0.3 is 4.42 Å². The molecule has 3 rings (SSSR count). The molecule has 74 valence electrons. The quantitative estimate of drug-likeness (QED) is 0.600. The summed E-state index contributed by atoms with van der Waals surface area (Å²) >= 11 is 11.6. The van der Waals surface area contributed by atoms with Gasteiger partial charge in [0.15, 0.2) is 5.15 Å². The first-order valence-electron chi connectivity index (χ1n) is 4.24. The molecule has 0 fully saturated rings. The first-order valence-corrected chi connectivity index (χ1v) is 5.00. The summed E-state index contributed by atoms with van der Waals surface area (Å²) in [5, 5.41) is 1.80. The molecule has 0 unspecified atom stereocenters. The molecule has 0 aliphatic heterocycles. The minimum absolute atomic E-state index is 0.313. The zero-order valence-corrected chi connectivity index (χ0v) is 8.88. The van der Waals surface area contributed by atoms with E-state index in [-0.39, 0.29) is 0 Å². The maximum Gasteiger partial charge on any atom is 0.247 e. The molecule has 0 saturated heterocycles. The number of benzene rings is 1. The van der Waals surface area contributed by atoms with Crippen LogP contribution in [-0.2, 0) is 0 Å². The Morgan fingerprint density at radius 1 is 1.20 bits per heavy atom. The molecule has 0 radical (unpaired) electrons. The monoisotopic (exact) mass is 238 g/mol. The molecule has 2 aromatic heterocycles. The van der Waals surface area contributed by atoms with Gasteiger partial charge in [0.05, 0.1) is 11.6 Å². The number of nitrogens with zero attached hydrogens (tertiary/aromatic N) is 2. The van der Waals surface area contributed by atoms with E-state index in [1.807, 2.05) is 0 Å². The van der Waals surface area contributed by atoms with Crippen LogP contribution in [0.1, 0.15) is 0 Å². The SMILES string of the molecule is Clc1ccc2oc3nc(Cl)cnc3c2c1. The molecule has 3 nitrogen and oxygen atoms in total. The zero-order chi connectivity index (χ0) is 10.4. The molecule has 2 heterocycles. The number of furan rings is 1. The Balaban J connectivity index is 2.53. The number of hydrogen-bond donors (Lipinski definition) is 0. The van der Waals surface area contributed by atoms with Gasteiger partial charge in [0.2, 0.25) is 5.71 Å². The van der Waals surface area contributed by atoms with Crippen molar-refractivity contribution in [3.05, 3.63) is 34.6 Å². The van der Waals surface area contributed by atoms with Crippen molar-refractivity contribution in [2.45, 2.75) is 0 Å². The van der Waals surface area contributed by atoms with Crippen molar-refractivity contribution < 1.29 is 4.42 Å². The van der Waals surface area contributed by atoms with Crippen molar-refractivity contribution in [2.24, 2.45) is 0 Å². The third-order valence-corrected chi connectivity index (χ3v) is 2.53. The molecule has 0 aliphatic carbocycles. The summed E-state index contributed by atoms with van der Waals surface area (Å²) in [6, 6.07) is 5.34. The van der Waals surface area contributed by atoms with Crippen LogP contribution in [-0.4, -0.2) is 9.97 Å². The maximum atomic E-state index is 5.89. The second-order valence-electron chi connectivity index (χ2n) is 3.09. The summed E-state index contributed by atoms with van der Waals surface area (Å²) in [4.78, 5) is 8.20. The molecule has 0 atom stereocenters. The molecular weight excluding hydrogens is 235 g/mol. The summed E-state index contributed by atoms with van der Waals surface area (Å²) in [5.41, 5.74) is 1.81. The highest BCUT2D eigenvalue weighted by Crippen LogP contribution is 2.28. The highest BCUT2D eigenvalue weighted by Gasteiger charge is 2.09. The zero-order valence-electron chi connectivity index (χ0n) is 7.37. The molecule has 0 amide bonds. The average molecular weight is 239 g/mol. The van der Waals surface area contributed by atoms with E-state index in [9.17, 15) is 0 Å². The Bertz CT molecular complexity index is 663. The Morgan fingerprint density at radius 2 is 2.07 bits per heavy atom. The van der Waals surface area contributed by atoms with E-state index < -0.39 is 0 Å². The molecule has 0 saturated carbocycles. The summed E-state index contributed by atoms with van der Waals surface area (Å²) in [7, 11) is 0. The van der Waals surface area contributed by atoms with Gasteiger partial charge in [-0.1, -0.05) is 23.2 Å². The molecule has 15 heavy (non-hydrogen) atoms. The smallest absolute Gasteiger partial charge is 0.247 e. The Morgan fingerprint density at radius 3 is 2.93 bits per heavy atom. The number of fused-ring (bicyclic) bond motifs is 3. The first kappa shape index (κ1) is 8.95. The van der Waals surface area contributed by atoms with Crippen LogP contribution in [0.5, 0.6) is 0 Å². The van der Waals surface area contributed by atoms with E-state index in [0.29, 0.717) is 27.0 Å².